The molecule has 0 N–H and O–H groups in total. The lowest BCUT2D eigenvalue weighted by Crippen LogP contribution is -2.19. The Labute approximate surface area is 126 Å². The van der Waals surface area contributed by atoms with Crippen LogP contribution in [0.1, 0.15) is 17.1 Å². The highest BCUT2D eigenvalue weighted by Crippen LogP contribution is 2.13. The van der Waals surface area contributed by atoms with Crippen molar-refractivity contribution in [3.8, 4) is 0 Å². The van der Waals surface area contributed by atoms with Gasteiger partial charge in [0, 0.05) is 16.7 Å². The molecule has 0 saturated heterocycles. The van der Waals surface area contributed by atoms with E-state index in [1.54, 1.807) is 6.07 Å². The van der Waals surface area contributed by atoms with E-state index < -0.39 is 0 Å². The van der Waals surface area contributed by atoms with Crippen LogP contribution in [0.5, 0.6) is 0 Å². The second-order valence-electron chi connectivity index (χ2n) is 4.55. The Morgan fingerprint density at radius 1 is 1.16 bits per heavy atom. The van der Waals surface area contributed by atoms with E-state index in [4.69, 9.17) is 11.6 Å². The molecular weight excluding hydrogens is 326 g/mol. The summed E-state index contributed by atoms with van der Waals surface area (Å²) in [6.45, 7) is 3.45. The monoisotopic (exact) mass is 339 g/mol. The van der Waals surface area contributed by atoms with Crippen LogP contribution in [0.3, 0.4) is 0 Å². The van der Waals surface area contributed by atoms with Crippen LogP contribution in [0.2, 0.25) is 5.15 Å². The molecule has 0 aliphatic carbocycles. The van der Waals surface area contributed by atoms with Gasteiger partial charge in [-0.1, -0.05) is 39.7 Å². The van der Waals surface area contributed by atoms with Gasteiger partial charge in [0.05, 0.1) is 6.54 Å². The predicted octanol–water partition coefficient (Wildman–Crippen LogP) is 3.83. The molecule has 3 nitrogen and oxygen atoms in total. The fourth-order valence-corrected chi connectivity index (χ4v) is 2.38. The molecule has 19 heavy (non-hydrogen) atoms. The fourth-order valence-electron chi connectivity index (χ4n) is 1.86. The number of rotatable bonds is 4. The van der Waals surface area contributed by atoms with E-state index in [0.29, 0.717) is 11.7 Å². The van der Waals surface area contributed by atoms with Crippen LogP contribution in [0.4, 0.5) is 0 Å². The van der Waals surface area contributed by atoms with Crippen molar-refractivity contribution in [3.63, 3.8) is 0 Å². The first-order chi connectivity index (χ1) is 9.02. The lowest BCUT2D eigenvalue weighted by molar-refractivity contribution is 0.310. The van der Waals surface area contributed by atoms with Crippen molar-refractivity contribution in [1.82, 2.24) is 14.9 Å². The summed E-state index contributed by atoms with van der Waals surface area (Å²) in [5.74, 6) is 0.754. The van der Waals surface area contributed by atoms with Gasteiger partial charge in [0.1, 0.15) is 11.0 Å². The molecule has 1 heterocycles. The zero-order chi connectivity index (χ0) is 13.8. The lowest BCUT2D eigenvalue weighted by atomic mass is 10.2. The minimum atomic E-state index is 0.500. The molecule has 0 fully saturated rings. The van der Waals surface area contributed by atoms with Crippen molar-refractivity contribution in [3.05, 3.63) is 57.0 Å². The number of benzene rings is 1. The van der Waals surface area contributed by atoms with Crippen molar-refractivity contribution >= 4 is 27.5 Å². The Kier molecular flexibility index (Phi) is 4.91. The number of aromatic nitrogens is 2. The van der Waals surface area contributed by atoms with Crippen molar-refractivity contribution in [2.75, 3.05) is 7.05 Å². The van der Waals surface area contributed by atoms with Crippen LogP contribution in [0.15, 0.2) is 34.8 Å². The summed E-state index contributed by atoms with van der Waals surface area (Å²) in [5, 5.41) is 0.500. The average Bonchev–Trinajstić information content (AvgIpc) is 2.30. The van der Waals surface area contributed by atoms with Crippen LogP contribution in [0.25, 0.3) is 0 Å². The van der Waals surface area contributed by atoms with Gasteiger partial charge in [-0.3, -0.25) is 4.90 Å². The summed E-state index contributed by atoms with van der Waals surface area (Å²) >= 11 is 9.37. The zero-order valence-electron chi connectivity index (χ0n) is 10.9. The highest BCUT2D eigenvalue weighted by Gasteiger charge is 2.06. The number of aryl methyl sites for hydroxylation is 1. The van der Waals surface area contributed by atoms with E-state index in [1.807, 2.05) is 26.1 Å². The second-order valence-corrected chi connectivity index (χ2v) is 5.85. The minimum absolute atomic E-state index is 0.500. The minimum Gasteiger partial charge on any atom is -0.295 e. The molecule has 1 aromatic carbocycles. The molecule has 0 aliphatic rings. The van der Waals surface area contributed by atoms with Crippen LogP contribution in [-0.2, 0) is 13.1 Å². The van der Waals surface area contributed by atoms with Gasteiger partial charge in [0.25, 0.3) is 0 Å². The Bertz CT molecular complexity index is 537. The quantitative estimate of drug-likeness (QED) is 0.792. The molecule has 0 atom stereocenters. The smallest absolute Gasteiger partial charge is 0.144 e. The SMILES string of the molecule is Cc1cc(Cl)nc(CN(C)Cc2ccc(Br)cc2)n1. The largest absolute Gasteiger partial charge is 0.295 e. The van der Waals surface area contributed by atoms with Crippen LogP contribution in [0, 0.1) is 6.92 Å². The Morgan fingerprint density at radius 2 is 1.84 bits per heavy atom. The van der Waals surface area contributed by atoms with Gasteiger partial charge in [0.15, 0.2) is 0 Å². The molecule has 0 amide bonds. The van der Waals surface area contributed by atoms with Crippen molar-refractivity contribution in [2.24, 2.45) is 0 Å². The van der Waals surface area contributed by atoms with Crippen LogP contribution < -0.4 is 0 Å². The molecular formula is C14H15BrClN3. The highest BCUT2D eigenvalue weighted by atomic mass is 79.9. The number of halogens is 2. The predicted molar refractivity (Wildman–Crippen MR) is 81.1 cm³/mol. The molecule has 0 aliphatic heterocycles. The van der Waals surface area contributed by atoms with E-state index >= 15 is 0 Å². The Balaban J connectivity index is 2.00. The molecule has 5 heteroatoms. The van der Waals surface area contributed by atoms with Crippen molar-refractivity contribution in [2.45, 2.75) is 20.0 Å². The van der Waals surface area contributed by atoms with Gasteiger partial charge in [-0.25, -0.2) is 9.97 Å². The first kappa shape index (κ1) is 14.4. The first-order valence-electron chi connectivity index (χ1n) is 5.96. The van der Waals surface area contributed by atoms with Gasteiger partial charge < -0.3 is 0 Å². The number of hydrogen-bond donors (Lipinski definition) is 0. The van der Waals surface area contributed by atoms with Gasteiger partial charge in [-0.2, -0.15) is 0 Å². The second kappa shape index (κ2) is 6.46. The zero-order valence-corrected chi connectivity index (χ0v) is 13.2. The third-order valence-corrected chi connectivity index (χ3v) is 3.37. The van der Waals surface area contributed by atoms with E-state index in [-0.39, 0.29) is 0 Å². The third-order valence-electron chi connectivity index (χ3n) is 2.65. The molecule has 0 unspecified atom stereocenters. The molecule has 100 valence electrons. The summed E-state index contributed by atoms with van der Waals surface area (Å²) in [6.07, 6.45) is 0. The molecule has 2 rings (SSSR count). The van der Waals surface area contributed by atoms with Gasteiger partial charge >= 0.3 is 0 Å². The molecule has 0 spiro atoms. The van der Waals surface area contributed by atoms with E-state index in [0.717, 1.165) is 22.5 Å². The standard InChI is InChI=1S/C14H15BrClN3/c1-10-7-13(16)18-14(17-10)9-19(2)8-11-3-5-12(15)6-4-11/h3-7H,8-9H2,1-2H3. The van der Waals surface area contributed by atoms with E-state index in [9.17, 15) is 0 Å². The first-order valence-corrected chi connectivity index (χ1v) is 7.13. The van der Waals surface area contributed by atoms with Crippen LogP contribution in [-0.4, -0.2) is 21.9 Å². The summed E-state index contributed by atoms with van der Waals surface area (Å²) in [5.41, 5.74) is 2.15. The van der Waals surface area contributed by atoms with Crippen molar-refractivity contribution in [1.29, 1.82) is 0 Å². The van der Waals surface area contributed by atoms with E-state index in [1.165, 1.54) is 5.56 Å². The third kappa shape index (κ3) is 4.56. The fraction of sp³-hybridized carbons (Fsp3) is 0.286. The molecule has 0 radical (unpaired) electrons. The van der Waals surface area contributed by atoms with Crippen molar-refractivity contribution < 1.29 is 0 Å². The molecule has 0 bridgehead atoms. The summed E-state index contributed by atoms with van der Waals surface area (Å²) in [4.78, 5) is 10.8. The van der Waals surface area contributed by atoms with Gasteiger partial charge in [0.2, 0.25) is 0 Å². The van der Waals surface area contributed by atoms with E-state index in [2.05, 4.69) is 42.9 Å². The maximum absolute atomic E-state index is 5.94. The van der Waals surface area contributed by atoms with Crippen LogP contribution >= 0.6 is 27.5 Å². The summed E-state index contributed by atoms with van der Waals surface area (Å²) < 4.78 is 1.09. The maximum atomic E-state index is 5.94. The molecule has 2 aromatic rings. The summed E-state index contributed by atoms with van der Waals surface area (Å²) in [7, 11) is 2.04. The molecule has 0 saturated carbocycles. The van der Waals surface area contributed by atoms with Gasteiger partial charge in [-0.15, -0.1) is 0 Å². The van der Waals surface area contributed by atoms with Gasteiger partial charge in [-0.05, 0) is 37.7 Å². The highest BCUT2D eigenvalue weighted by molar-refractivity contribution is 9.10. The molecule has 1 aromatic heterocycles. The lowest BCUT2D eigenvalue weighted by Gasteiger charge is -2.16. The normalized spacial score (nSPS) is 11.0. The average molecular weight is 341 g/mol. The topological polar surface area (TPSA) is 29.0 Å². The Hall–Kier alpha value is -0.970. The number of nitrogens with zero attached hydrogens (tertiary/aromatic N) is 3. The Morgan fingerprint density at radius 3 is 2.47 bits per heavy atom. The maximum Gasteiger partial charge on any atom is 0.144 e. The number of hydrogen-bond acceptors (Lipinski definition) is 3. The summed E-state index contributed by atoms with van der Waals surface area (Å²) in [6, 6.07) is 10.1.